The maximum Gasteiger partial charge on any atom is 0.155 e. The summed E-state index contributed by atoms with van der Waals surface area (Å²) in [4.78, 5) is 13.1. The minimum atomic E-state index is 0.235. The molecule has 2 N–H and O–H groups in total. The monoisotopic (exact) mass is 392 g/mol. The van der Waals surface area contributed by atoms with E-state index >= 15 is 0 Å². The van der Waals surface area contributed by atoms with Gasteiger partial charge in [-0.3, -0.25) is 5.10 Å². The van der Waals surface area contributed by atoms with Crippen LogP contribution in [0.4, 0.5) is 5.82 Å². The van der Waals surface area contributed by atoms with E-state index in [1.807, 2.05) is 30.3 Å². The fraction of sp³-hybridized carbons (Fsp3) is 0.200. The Balaban J connectivity index is 1.53. The Kier molecular flexibility index (Phi) is 5.38. The summed E-state index contributed by atoms with van der Waals surface area (Å²) in [5.74, 6) is 1.66. The molecule has 4 aromatic rings. The van der Waals surface area contributed by atoms with Gasteiger partial charge in [-0.2, -0.15) is 16.9 Å². The minimum absolute atomic E-state index is 0.235. The number of nitrogens with one attached hydrogen (secondary N) is 2. The number of H-pyrrole nitrogens is 1. The summed E-state index contributed by atoms with van der Waals surface area (Å²) in [6.07, 6.45) is 7.19. The third-order valence-electron chi connectivity index (χ3n) is 4.49. The molecule has 0 fully saturated rings. The van der Waals surface area contributed by atoms with Crippen molar-refractivity contribution in [1.29, 1.82) is 0 Å². The lowest BCUT2D eigenvalue weighted by atomic mass is 10.1. The molecule has 1 unspecified atom stereocenters. The molecule has 3 aromatic heterocycles. The molecule has 1 atom stereocenters. The number of thioether (sulfide) groups is 1. The minimum Gasteiger partial charge on any atom is -0.496 e. The number of fused-ring (bicyclic) bond motifs is 1. The third-order valence-corrected chi connectivity index (χ3v) is 5.48. The summed E-state index contributed by atoms with van der Waals surface area (Å²) in [6, 6.07) is 12.0. The molecule has 0 aliphatic carbocycles. The first-order valence-electron chi connectivity index (χ1n) is 8.79. The van der Waals surface area contributed by atoms with E-state index in [0.717, 1.165) is 46.0 Å². The number of pyridine rings is 1. The van der Waals surface area contributed by atoms with Crippen LogP contribution in [0.15, 0.2) is 55.1 Å². The first-order chi connectivity index (χ1) is 13.8. The molecule has 0 saturated carbocycles. The highest BCUT2D eigenvalue weighted by molar-refractivity contribution is 7.98. The van der Waals surface area contributed by atoms with Crippen molar-refractivity contribution in [3.63, 3.8) is 0 Å². The first kappa shape index (κ1) is 18.2. The normalized spacial score (nSPS) is 12.1. The van der Waals surface area contributed by atoms with Gasteiger partial charge in [0.1, 0.15) is 17.9 Å². The molecule has 8 heteroatoms. The van der Waals surface area contributed by atoms with Crippen LogP contribution in [-0.4, -0.2) is 45.1 Å². The van der Waals surface area contributed by atoms with Gasteiger partial charge in [0.05, 0.1) is 24.3 Å². The van der Waals surface area contributed by atoms with E-state index in [-0.39, 0.29) is 5.25 Å². The van der Waals surface area contributed by atoms with Crippen LogP contribution in [0.2, 0.25) is 0 Å². The molecule has 0 saturated heterocycles. The zero-order valence-electron chi connectivity index (χ0n) is 15.6. The van der Waals surface area contributed by atoms with Crippen molar-refractivity contribution in [3.8, 4) is 17.0 Å². The number of aromatic nitrogens is 5. The zero-order chi connectivity index (χ0) is 19.3. The Morgan fingerprint density at radius 1 is 1.14 bits per heavy atom. The van der Waals surface area contributed by atoms with Gasteiger partial charge >= 0.3 is 0 Å². The van der Waals surface area contributed by atoms with Gasteiger partial charge in [0, 0.05) is 35.3 Å². The van der Waals surface area contributed by atoms with E-state index in [1.54, 1.807) is 37.6 Å². The number of ether oxygens (including phenoxy) is 1. The lowest BCUT2D eigenvalue weighted by molar-refractivity contribution is 0.409. The van der Waals surface area contributed by atoms with Gasteiger partial charge in [-0.1, -0.05) is 18.2 Å². The summed E-state index contributed by atoms with van der Waals surface area (Å²) < 4.78 is 5.50. The number of nitrogens with zero attached hydrogens (tertiary/aromatic N) is 4. The molecule has 0 amide bonds. The molecule has 0 aliphatic heterocycles. The van der Waals surface area contributed by atoms with Gasteiger partial charge in [-0.05, 0) is 18.4 Å². The number of rotatable bonds is 7. The van der Waals surface area contributed by atoms with E-state index < -0.39 is 0 Å². The fourth-order valence-corrected chi connectivity index (χ4v) is 3.74. The second-order valence-corrected chi connectivity index (χ2v) is 7.21. The Bertz CT molecular complexity index is 1080. The molecule has 28 heavy (non-hydrogen) atoms. The number of anilines is 1. The van der Waals surface area contributed by atoms with Crippen molar-refractivity contribution < 1.29 is 4.74 Å². The van der Waals surface area contributed by atoms with E-state index in [4.69, 9.17) is 4.74 Å². The van der Waals surface area contributed by atoms with Crippen molar-refractivity contribution >= 4 is 28.6 Å². The molecule has 1 aromatic carbocycles. The summed E-state index contributed by atoms with van der Waals surface area (Å²) in [5, 5.41) is 11.5. The van der Waals surface area contributed by atoms with Gasteiger partial charge in [0.15, 0.2) is 5.65 Å². The highest BCUT2D eigenvalue weighted by Gasteiger charge is 2.15. The number of hydrogen-bond donors (Lipinski definition) is 2. The van der Waals surface area contributed by atoms with Gasteiger partial charge < -0.3 is 10.1 Å². The summed E-state index contributed by atoms with van der Waals surface area (Å²) in [6.45, 7) is 0.719. The second-order valence-electron chi connectivity index (χ2n) is 6.17. The number of hydrogen-bond acceptors (Lipinski definition) is 7. The molecule has 0 spiro atoms. The predicted molar refractivity (Wildman–Crippen MR) is 113 cm³/mol. The summed E-state index contributed by atoms with van der Waals surface area (Å²) >= 11 is 1.77. The quantitative estimate of drug-likeness (QED) is 0.492. The molecular formula is C20H20N6OS. The molecule has 0 radical (unpaired) electrons. The highest BCUT2D eigenvalue weighted by Crippen LogP contribution is 2.33. The van der Waals surface area contributed by atoms with Crippen molar-refractivity contribution in [2.24, 2.45) is 0 Å². The van der Waals surface area contributed by atoms with E-state index in [0.29, 0.717) is 0 Å². The molecule has 0 bridgehead atoms. The lowest BCUT2D eigenvalue weighted by Crippen LogP contribution is -2.12. The van der Waals surface area contributed by atoms with Crippen LogP contribution in [0, 0.1) is 0 Å². The SMILES string of the molecule is COc1ccccc1C(CNc1cc(-c2cnc3[nH]ncc3c2)ncn1)SC. The standard InChI is InChI=1S/C20H20N6OS/c1-27-17-6-4-3-5-15(17)18(28-2)11-21-19-8-16(23-12-24-19)13-7-14-10-25-26-20(14)22-9-13/h3-10,12,18H,11H2,1-2H3,(H,21,23,24)(H,22,25,26). The van der Waals surface area contributed by atoms with Crippen molar-refractivity contribution in [1.82, 2.24) is 25.1 Å². The molecule has 142 valence electrons. The Hall–Kier alpha value is -3.13. The summed E-state index contributed by atoms with van der Waals surface area (Å²) in [5.41, 5.74) is 3.65. The van der Waals surface area contributed by atoms with E-state index in [2.05, 4.69) is 42.8 Å². The largest absolute Gasteiger partial charge is 0.496 e. The lowest BCUT2D eigenvalue weighted by Gasteiger charge is -2.18. The summed E-state index contributed by atoms with van der Waals surface area (Å²) in [7, 11) is 1.70. The average Bonchev–Trinajstić information content (AvgIpc) is 3.22. The number of methoxy groups -OCH3 is 1. The fourth-order valence-electron chi connectivity index (χ4n) is 3.04. The van der Waals surface area contributed by atoms with Crippen LogP contribution in [0.25, 0.3) is 22.3 Å². The van der Waals surface area contributed by atoms with Crippen LogP contribution >= 0.6 is 11.8 Å². The highest BCUT2D eigenvalue weighted by atomic mass is 32.2. The Labute approximate surface area is 167 Å². The molecular weight excluding hydrogens is 372 g/mol. The number of benzene rings is 1. The van der Waals surface area contributed by atoms with Crippen molar-refractivity contribution in [2.45, 2.75) is 5.25 Å². The Morgan fingerprint density at radius 2 is 2.04 bits per heavy atom. The maximum atomic E-state index is 5.50. The predicted octanol–water partition coefficient (Wildman–Crippen LogP) is 3.94. The van der Waals surface area contributed by atoms with Gasteiger partial charge in [-0.15, -0.1) is 0 Å². The second kappa shape index (κ2) is 8.26. The van der Waals surface area contributed by atoms with Crippen molar-refractivity contribution in [2.75, 3.05) is 25.2 Å². The van der Waals surface area contributed by atoms with Gasteiger partial charge in [-0.25, -0.2) is 15.0 Å². The van der Waals surface area contributed by atoms with E-state index in [9.17, 15) is 0 Å². The molecule has 3 heterocycles. The number of aromatic amines is 1. The molecule has 7 nitrogen and oxygen atoms in total. The van der Waals surface area contributed by atoms with Crippen LogP contribution in [-0.2, 0) is 0 Å². The van der Waals surface area contributed by atoms with Crippen LogP contribution in [0.1, 0.15) is 10.8 Å². The van der Waals surface area contributed by atoms with Crippen LogP contribution in [0.3, 0.4) is 0 Å². The van der Waals surface area contributed by atoms with Gasteiger partial charge in [0.2, 0.25) is 0 Å². The third kappa shape index (κ3) is 3.77. The molecule has 4 rings (SSSR count). The topological polar surface area (TPSA) is 88.6 Å². The first-order valence-corrected chi connectivity index (χ1v) is 10.1. The zero-order valence-corrected chi connectivity index (χ0v) is 16.4. The van der Waals surface area contributed by atoms with Crippen LogP contribution < -0.4 is 10.1 Å². The number of para-hydroxylation sites is 1. The van der Waals surface area contributed by atoms with Crippen LogP contribution in [0.5, 0.6) is 5.75 Å². The van der Waals surface area contributed by atoms with Crippen molar-refractivity contribution in [3.05, 3.63) is 60.7 Å². The average molecular weight is 392 g/mol. The van der Waals surface area contributed by atoms with E-state index in [1.165, 1.54) is 0 Å². The maximum absolute atomic E-state index is 5.50. The smallest absolute Gasteiger partial charge is 0.155 e. The molecule has 0 aliphatic rings. The van der Waals surface area contributed by atoms with Gasteiger partial charge in [0.25, 0.3) is 0 Å². The Morgan fingerprint density at radius 3 is 2.89 bits per heavy atom.